The minimum absolute atomic E-state index is 0. The molecule has 130 valence electrons. The number of carbonyl (C=O) groups is 2. The van der Waals surface area contributed by atoms with Crippen LogP contribution in [0.25, 0.3) is 0 Å². The first-order chi connectivity index (χ1) is 10.6. The predicted molar refractivity (Wildman–Crippen MR) is 94.5 cm³/mol. The van der Waals surface area contributed by atoms with E-state index < -0.39 is 12.0 Å². The van der Waals surface area contributed by atoms with E-state index in [9.17, 15) is 9.59 Å². The van der Waals surface area contributed by atoms with E-state index in [0.29, 0.717) is 18.7 Å². The number of rotatable bonds is 10. The lowest BCUT2D eigenvalue weighted by molar-refractivity contribution is -0.141. The van der Waals surface area contributed by atoms with Crippen LogP contribution in [-0.4, -0.2) is 48.7 Å². The monoisotopic (exact) mass is 362 g/mol. The number of nitrogens with one attached hydrogen (secondary N) is 2. The number of carbonyl (C=O) groups excluding carboxylic acids is 1. The van der Waals surface area contributed by atoms with Gasteiger partial charge in [-0.05, 0) is 36.1 Å². The summed E-state index contributed by atoms with van der Waals surface area (Å²) < 4.78 is 5.12. The third-order valence-corrected chi connectivity index (χ3v) is 3.64. The van der Waals surface area contributed by atoms with Gasteiger partial charge >= 0.3 is 5.97 Å². The summed E-state index contributed by atoms with van der Waals surface area (Å²) in [6.45, 7) is 0.577. The first-order valence-corrected chi connectivity index (χ1v) is 8.31. The number of aliphatic carboxylic acids is 1. The second-order valence-corrected chi connectivity index (χ2v) is 5.68. The molecule has 0 saturated heterocycles. The minimum Gasteiger partial charge on any atom is -0.497 e. The summed E-state index contributed by atoms with van der Waals surface area (Å²) >= 11 is 1.55. The van der Waals surface area contributed by atoms with Gasteiger partial charge in [-0.2, -0.15) is 11.8 Å². The summed E-state index contributed by atoms with van der Waals surface area (Å²) in [5.41, 5.74) is 0.990. The fourth-order valence-electron chi connectivity index (χ4n) is 1.84. The normalized spacial score (nSPS) is 11.2. The van der Waals surface area contributed by atoms with Crippen LogP contribution in [0.2, 0.25) is 0 Å². The van der Waals surface area contributed by atoms with Crippen LogP contribution in [0.5, 0.6) is 5.75 Å². The van der Waals surface area contributed by atoms with Crippen LogP contribution >= 0.6 is 24.2 Å². The molecule has 1 aromatic carbocycles. The van der Waals surface area contributed by atoms with Gasteiger partial charge in [0, 0.05) is 6.54 Å². The maximum absolute atomic E-state index is 11.8. The van der Waals surface area contributed by atoms with Crippen LogP contribution in [0.4, 0.5) is 0 Å². The number of hydrogen-bond acceptors (Lipinski definition) is 5. The van der Waals surface area contributed by atoms with Gasteiger partial charge in [0.15, 0.2) is 0 Å². The second-order valence-electron chi connectivity index (χ2n) is 4.69. The highest BCUT2D eigenvalue weighted by Gasteiger charge is 2.18. The van der Waals surface area contributed by atoms with Crippen molar-refractivity contribution in [3.8, 4) is 5.75 Å². The zero-order valence-corrected chi connectivity index (χ0v) is 14.8. The summed E-state index contributed by atoms with van der Waals surface area (Å²) in [5.74, 6) is 0.118. The standard InChI is InChI=1S/C15H22N2O4S.ClH/c1-21-12-5-3-4-11(8-12)9-16-10-14(18)17-13(15(19)20)6-7-22-2;/h3-5,8,13,16H,6-7,9-10H2,1-2H3,(H,17,18)(H,19,20);1H/t13-;/m0./s1. The van der Waals surface area contributed by atoms with E-state index in [1.165, 1.54) is 0 Å². The van der Waals surface area contributed by atoms with Crippen molar-refractivity contribution in [2.45, 2.75) is 19.0 Å². The van der Waals surface area contributed by atoms with Gasteiger partial charge in [0.05, 0.1) is 13.7 Å². The Morgan fingerprint density at radius 3 is 2.74 bits per heavy atom. The quantitative estimate of drug-likeness (QED) is 0.585. The molecular formula is C15H23ClN2O4S. The topological polar surface area (TPSA) is 87.7 Å². The van der Waals surface area contributed by atoms with Crippen LogP contribution in [-0.2, 0) is 16.1 Å². The van der Waals surface area contributed by atoms with Crippen molar-refractivity contribution in [2.24, 2.45) is 0 Å². The van der Waals surface area contributed by atoms with Crippen molar-refractivity contribution in [2.75, 3.05) is 25.7 Å². The summed E-state index contributed by atoms with van der Waals surface area (Å²) in [5, 5.41) is 14.6. The molecule has 0 unspecified atom stereocenters. The van der Waals surface area contributed by atoms with Crippen LogP contribution in [0.15, 0.2) is 24.3 Å². The molecule has 1 atom stereocenters. The molecule has 0 bridgehead atoms. The highest BCUT2D eigenvalue weighted by atomic mass is 35.5. The molecule has 3 N–H and O–H groups in total. The van der Waals surface area contributed by atoms with E-state index in [4.69, 9.17) is 9.84 Å². The lowest BCUT2D eigenvalue weighted by Crippen LogP contribution is -2.44. The molecule has 0 heterocycles. The van der Waals surface area contributed by atoms with E-state index in [1.807, 2.05) is 30.5 Å². The molecule has 23 heavy (non-hydrogen) atoms. The first kappa shape index (κ1) is 21.6. The first-order valence-electron chi connectivity index (χ1n) is 6.91. The molecule has 1 aromatic rings. The molecule has 0 aromatic heterocycles. The third kappa shape index (κ3) is 8.68. The third-order valence-electron chi connectivity index (χ3n) is 2.99. The molecular weight excluding hydrogens is 340 g/mol. The Hall–Kier alpha value is -1.44. The van der Waals surface area contributed by atoms with Crippen molar-refractivity contribution in [3.05, 3.63) is 29.8 Å². The zero-order chi connectivity index (χ0) is 16.4. The Kier molecular flexibility index (Phi) is 11.3. The Morgan fingerprint density at radius 1 is 1.39 bits per heavy atom. The molecule has 0 radical (unpaired) electrons. The van der Waals surface area contributed by atoms with Crippen molar-refractivity contribution in [3.63, 3.8) is 0 Å². The highest BCUT2D eigenvalue weighted by Crippen LogP contribution is 2.11. The van der Waals surface area contributed by atoms with Gasteiger partial charge < -0.3 is 20.5 Å². The highest BCUT2D eigenvalue weighted by molar-refractivity contribution is 7.98. The molecule has 0 spiro atoms. The Morgan fingerprint density at radius 2 is 2.13 bits per heavy atom. The number of halogens is 1. The van der Waals surface area contributed by atoms with E-state index in [1.54, 1.807) is 18.9 Å². The molecule has 8 heteroatoms. The smallest absolute Gasteiger partial charge is 0.326 e. The molecule has 0 aliphatic carbocycles. The van der Waals surface area contributed by atoms with Gasteiger partial charge in [-0.25, -0.2) is 4.79 Å². The van der Waals surface area contributed by atoms with E-state index >= 15 is 0 Å². The van der Waals surface area contributed by atoms with Gasteiger partial charge in [0.2, 0.25) is 5.91 Å². The minimum atomic E-state index is -1.00. The lowest BCUT2D eigenvalue weighted by atomic mass is 10.2. The average Bonchev–Trinajstić information content (AvgIpc) is 2.51. The number of benzene rings is 1. The lowest BCUT2D eigenvalue weighted by Gasteiger charge is -2.14. The predicted octanol–water partition coefficient (Wildman–Crippen LogP) is 1.53. The second kappa shape index (κ2) is 12.0. The molecule has 0 fully saturated rings. The average molecular weight is 363 g/mol. The number of hydrogen-bond donors (Lipinski definition) is 3. The fourth-order valence-corrected chi connectivity index (χ4v) is 2.31. The van der Waals surface area contributed by atoms with Gasteiger partial charge in [-0.1, -0.05) is 12.1 Å². The SMILES string of the molecule is COc1cccc(CNCC(=O)N[C@@H](CCSC)C(=O)O)c1.Cl. The van der Waals surface area contributed by atoms with Gasteiger partial charge in [0.1, 0.15) is 11.8 Å². The van der Waals surface area contributed by atoms with Gasteiger partial charge in [-0.3, -0.25) is 4.79 Å². The summed E-state index contributed by atoms with van der Waals surface area (Å²) in [7, 11) is 1.60. The van der Waals surface area contributed by atoms with Crippen LogP contribution < -0.4 is 15.4 Å². The van der Waals surface area contributed by atoms with Gasteiger partial charge in [-0.15, -0.1) is 12.4 Å². The van der Waals surface area contributed by atoms with Crippen molar-refractivity contribution >= 4 is 36.0 Å². The molecule has 6 nitrogen and oxygen atoms in total. The number of carboxylic acids is 1. The number of carboxylic acid groups (broad SMARTS) is 1. The molecule has 1 amide bonds. The maximum atomic E-state index is 11.8. The summed E-state index contributed by atoms with van der Waals surface area (Å²) in [6.07, 6.45) is 2.31. The number of methoxy groups -OCH3 is 1. The number of amides is 1. The summed E-state index contributed by atoms with van der Waals surface area (Å²) in [4.78, 5) is 22.8. The van der Waals surface area contributed by atoms with E-state index in [2.05, 4.69) is 10.6 Å². The van der Waals surface area contributed by atoms with Crippen LogP contribution in [0.1, 0.15) is 12.0 Å². The zero-order valence-electron chi connectivity index (χ0n) is 13.2. The van der Waals surface area contributed by atoms with Crippen molar-refractivity contribution in [1.82, 2.24) is 10.6 Å². The molecule has 0 aliphatic rings. The fraction of sp³-hybridized carbons (Fsp3) is 0.467. The molecule has 1 rings (SSSR count). The van der Waals surface area contributed by atoms with Crippen LogP contribution in [0.3, 0.4) is 0 Å². The van der Waals surface area contributed by atoms with Crippen LogP contribution in [0, 0.1) is 0 Å². The maximum Gasteiger partial charge on any atom is 0.326 e. The Labute approximate surface area is 146 Å². The van der Waals surface area contributed by atoms with Gasteiger partial charge in [0.25, 0.3) is 0 Å². The number of ether oxygens (including phenoxy) is 1. The Balaban J connectivity index is 0.00000484. The molecule has 0 aliphatic heterocycles. The van der Waals surface area contributed by atoms with Crippen molar-refractivity contribution in [1.29, 1.82) is 0 Å². The number of thioether (sulfide) groups is 1. The Bertz CT molecular complexity index is 502. The van der Waals surface area contributed by atoms with Crippen molar-refractivity contribution < 1.29 is 19.4 Å². The van der Waals surface area contributed by atoms with E-state index in [0.717, 1.165) is 11.3 Å². The van der Waals surface area contributed by atoms with E-state index in [-0.39, 0.29) is 24.9 Å². The summed E-state index contributed by atoms with van der Waals surface area (Å²) in [6, 6.07) is 6.69. The molecule has 0 saturated carbocycles. The largest absolute Gasteiger partial charge is 0.497 e.